The molecule has 1 aromatic rings. The lowest BCUT2D eigenvalue weighted by atomic mass is 9.93. The van der Waals surface area contributed by atoms with Gasteiger partial charge in [0.05, 0.1) is 13.2 Å². The Hall–Kier alpha value is -2.08. The highest BCUT2D eigenvalue weighted by molar-refractivity contribution is 5.99. The maximum Gasteiger partial charge on any atom is 0.341 e. The fraction of sp³-hybridized carbons (Fsp3) is 0.636. The quantitative estimate of drug-likeness (QED) is 0.407. The Morgan fingerprint density at radius 2 is 1.86 bits per heavy atom. The highest BCUT2D eigenvalue weighted by atomic mass is 16.5. The number of amides is 1. The topological polar surface area (TPSA) is 73.9 Å². The summed E-state index contributed by atoms with van der Waals surface area (Å²) in [5.74, 6) is 0.0451. The van der Waals surface area contributed by atoms with E-state index in [0.717, 1.165) is 12.8 Å². The first-order valence-corrected chi connectivity index (χ1v) is 10.2. The summed E-state index contributed by atoms with van der Waals surface area (Å²) < 4.78 is 16.6. The van der Waals surface area contributed by atoms with Crippen molar-refractivity contribution >= 4 is 17.6 Å². The zero-order valence-electron chi connectivity index (χ0n) is 18.1. The van der Waals surface area contributed by atoms with Gasteiger partial charge < -0.3 is 19.5 Å². The molecule has 1 rings (SSSR count). The highest BCUT2D eigenvalue weighted by Crippen LogP contribution is 2.27. The minimum atomic E-state index is -0.941. The first-order chi connectivity index (χ1) is 13.3. The number of unbranched alkanes of at least 4 members (excludes halogenated alkanes) is 1. The Morgan fingerprint density at radius 1 is 1.14 bits per heavy atom. The Morgan fingerprint density at radius 3 is 2.43 bits per heavy atom. The molecule has 6 nitrogen and oxygen atoms in total. The van der Waals surface area contributed by atoms with E-state index in [9.17, 15) is 9.59 Å². The minimum absolute atomic E-state index is 0.238. The van der Waals surface area contributed by atoms with Crippen LogP contribution in [0.15, 0.2) is 18.2 Å². The monoisotopic (exact) mass is 393 g/mol. The van der Waals surface area contributed by atoms with Crippen molar-refractivity contribution in [3.8, 4) is 5.75 Å². The number of hydrogen-bond acceptors (Lipinski definition) is 5. The molecule has 0 saturated heterocycles. The largest absolute Gasteiger partial charge is 0.493 e. The van der Waals surface area contributed by atoms with E-state index in [0.29, 0.717) is 42.6 Å². The Kier molecular flexibility index (Phi) is 10.0. The zero-order valence-corrected chi connectivity index (χ0v) is 18.1. The van der Waals surface area contributed by atoms with E-state index in [4.69, 9.17) is 14.2 Å². The van der Waals surface area contributed by atoms with Gasteiger partial charge in [0.1, 0.15) is 16.9 Å². The lowest BCUT2D eigenvalue weighted by Gasteiger charge is -2.30. The van der Waals surface area contributed by atoms with E-state index in [2.05, 4.69) is 12.2 Å². The first-order valence-electron chi connectivity index (χ1n) is 10.2. The molecule has 0 aliphatic heterocycles. The average molecular weight is 394 g/mol. The number of esters is 1. The minimum Gasteiger partial charge on any atom is -0.493 e. The van der Waals surface area contributed by atoms with Crippen LogP contribution >= 0.6 is 0 Å². The van der Waals surface area contributed by atoms with Gasteiger partial charge in [-0.25, -0.2) is 4.79 Å². The molecule has 0 radical (unpaired) electrons. The SMILES string of the molecule is CCCCOc1ccc(NC(=O)C(C)(CC(C)C)OCC)cc1C(=O)OCC. The van der Waals surface area contributed by atoms with Crippen molar-refractivity contribution in [2.75, 3.05) is 25.1 Å². The predicted octanol–water partition coefficient (Wildman–Crippen LogP) is 4.82. The normalized spacial score (nSPS) is 13.1. The Balaban J connectivity index is 3.07. The highest BCUT2D eigenvalue weighted by Gasteiger charge is 2.35. The van der Waals surface area contributed by atoms with Crippen molar-refractivity contribution in [1.29, 1.82) is 0 Å². The number of hydrogen-bond donors (Lipinski definition) is 1. The molecular weight excluding hydrogens is 358 g/mol. The number of carbonyl (C=O) groups excluding carboxylic acids is 2. The van der Waals surface area contributed by atoms with E-state index in [1.54, 1.807) is 32.0 Å². The average Bonchev–Trinajstić information content (AvgIpc) is 2.62. The molecule has 6 heteroatoms. The van der Waals surface area contributed by atoms with Crippen molar-refractivity contribution in [3.05, 3.63) is 23.8 Å². The first kappa shape index (κ1) is 24.0. The van der Waals surface area contributed by atoms with Gasteiger partial charge in [0, 0.05) is 12.3 Å². The number of ether oxygens (including phenoxy) is 3. The molecule has 1 unspecified atom stereocenters. The molecule has 158 valence electrons. The summed E-state index contributed by atoms with van der Waals surface area (Å²) in [6.07, 6.45) is 2.48. The van der Waals surface area contributed by atoms with Crippen LogP contribution in [0.25, 0.3) is 0 Å². The molecule has 0 aromatic heterocycles. The smallest absolute Gasteiger partial charge is 0.341 e. The summed E-state index contributed by atoms with van der Waals surface area (Å²) in [5.41, 5.74) is -0.133. The lowest BCUT2D eigenvalue weighted by molar-refractivity contribution is -0.140. The lowest BCUT2D eigenvalue weighted by Crippen LogP contribution is -2.44. The van der Waals surface area contributed by atoms with Crippen LogP contribution in [-0.4, -0.2) is 37.3 Å². The number of carbonyl (C=O) groups is 2. The van der Waals surface area contributed by atoms with Crippen LogP contribution in [0.3, 0.4) is 0 Å². The van der Waals surface area contributed by atoms with Crippen molar-refractivity contribution in [1.82, 2.24) is 0 Å². The molecule has 1 N–H and O–H groups in total. The molecule has 1 aromatic carbocycles. The van der Waals surface area contributed by atoms with Crippen LogP contribution in [0.1, 0.15) is 71.2 Å². The van der Waals surface area contributed by atoms with Crippen molar-refractivity contribution in [3.63, 3.8) is 0 Å². The third-order valence-electron chi connectivity index (χ3n) is 4.23. The summed E-state index contributed by atoms with van der Waals surface area (Å²) in [7, 11) is 0. The number of rotatable bonds is 12. The third kappa shape index (κ3) is 7.15. The van der Waals surface area contributed by atoms with Gasteiger partial charge in [-0.15, -0.1) is 0 Å². The number of nitrogens with one attached hydrogen (secondary N) is 1. The molecule has 0 fully saturated rings. The Labute approximate surface area is 168 Å². The van der Waals surface area contributed by atoms with E-state index in [1.807, 2.05) is 20.8 Å². The molecule has 0 bridgehead atoms. The summed E-state index contributed by atoms with van der Waals surface area (Å²) in [5, 5.41) is 2.88. The van der Waals surface area contributed by atoms with Gasteiger partial charge in [0.2, 0.25) is 0 Å². The fourth-order valence-corrected chi connectivity index (χ4v) is 3.01. The van der Waals surface area contributed by atoms with Crippen LogP contribution in [-0.2, 0) is 14.3 Å². The maximum absolute atomic E-state index is 12.9. The van der Waals surface area contributed by atoms with E-state index in [-0.39, 0.29) is 12.5 Å². The van der Waals surface area contributed by atoms with Crippen molar-refractivity contribution < 1.29 is 23.8 Å². The van der Waals surface area contributed by atoms with E-state index < -0.39 is 11.6 Å². The van der Waals surface area contributed by atoms with Gasteiger partial charge in [0.15, 0.2) is 0 Å². The van der Waals surface area contributed by atoms with Crippen LogP contribution < -0.4 is 10.1 Å². The van der Waals surface area contributed by atoms with Gasteiger partial charge in [0.25, 0.3) is 5.91 Å². The second-order valence-corrected chi connectivity index (χ2v) is 7.35. The number of benzene rings is 1. The molecule has 0 aliphatic carbocycles. The Bertz CT molecular complexity index is 644. The molecule has 1 amide bonds. The molecule has 0 aliphatic rings. The second-order valence-electron chi connectivity index (χ2n) is 7.35. The van der Waals surface area contributed by atoms with Crippen molar-refractivity contribution in [2.24, 2.45) is 5.92 Å². The zero-order chi connectivity index (χ0) is 21.2. The van der Waals surface area contributed by atoms with Gasteiger partial charge in [-0.2, -0.15) is 0 Å². The molecule has 0 saturated carbocycles. The van der Waals surface area contributed by atoms with Crippen LogP contribution in [0.4, 0.5) is 5.69 Å². The molecule has 0 heterocycles. The van der Waals surface area contributed by atoms with Gasteiger partial charge in [-0.1, -0.05) is 27.2 Å². The number of anilines is 1. The molecule has 0 spiro atoms. The summed E-state index contributed by atoms with van der Waals surface area (Å²) in [6, 6.07) is 5.01. The van der Waals surface area contributed by atoms with Crippen LogP contribution in [0.5, 0.6) is 5.75 Å². The molecular formula is C22H35NO5. The summed E-state index contributed by atoms with van der Waals surface area (Å²) >= 11 is 0. The van der Waals surface area contributed by atoms with Gasteiger partial charge >= 0.3 is 5.97 Å². The van der Waals surface area contributed by atoms with Crippen LogP contribution in [0.2, 0.25) is 0 Å². The van der Waals surface area contributed by atoms with Crippen molar-refractivity contribution in [2.45, 2.75) is 66.4 Å². The summed E-state index contributed by atoms with van der Waals surface area (Å²) in [4.78, 5) is 25.2. The fourth-order valence-electron chi connectivity index (χ4n) is 3.01. The summed E-state index contributed by atoms with van der Waals surface area (Å²) in [6.45, 7) is 12.8. The third-order valence-corrected chi connectivity index (χ3v) is 4.23. The van der Waals surface area contributed by atoms with Crippen LogP contribution in [0, 0.1) is 5.92 Å². The van der Waals surface area contributed by atoms with Gasteiger partial charge in [-0.05, 0) is 57.7 Å². The maximum atomic E-state index is 12.9. The molecule has 28 heavy (non-hydrogen) atoms. The standard InChI is InChI=1S/C22H35NO5/c1-7-10-13-27-19-12-11-17(14-18(19)20(24)26-8-2)23-21(25)22(6,28-9-3)15-16(4)5/h11-12,14,16H,7-10,13,15H2,1-6H3,(H,23,25). The van der Waals surface area contributed by atoms with Gasteiger partial charge in [-0.3, -0.25) is 4.79 Å². The second kappa shape index (κ2) is 11.7. The molecule has 1 atom stereocenters. The van der Waals surface area contributed by atoms with E-state index >= 15 is 0 Å². The predicted molar refractivity (Wildman–Crippen MR) is 111 cm³/mol. The van der Waals surface area contributed by atoms with E-state index in [1.165, 1.54) is 0 Å².